The second-order valence-electron chi connectivity index (χ2n) is 4.44. The van der Waals surface area contributed by atoms with Crippen molar-refractivity contribution in [2.24, 2.45) is 0 Å². The number of hydrogen-bond acceptors (Lipinski definition) is 5. The topological polar surface area (TPSA) is 39.2 Å². The first-order valence-corrected chi connectivity index (χ1v) is 8.81. The number of halogens is 1. The summed E-state index contributed by atoms with van der Waals surface area (Å²) in [4.78, 5) is 16.3. The molecule has 0 saturated carbocycles. The number of fused-ring (bicyclic) bond motifs is 1. The molecule has 0 fully saturated rings. The lowest BCUT2D eigenvalue weighted by atomic mass is 10.2. The third-order valence-corrected chi connectivity index (χ3v) is 5.26. The first kappa shape index (κ1) is 15.3. The summed E-state index contributed by atoms with van der Waals surface area (Å²) in [5.41, 5.74) is 1.48. The van der Waals surface area contributed by atoms with Crippen LogP contribution in [0, 0.1) is 0 Å². The van der Waals surface area contributed by atoms with Gasteiger partial charge in [0.25, 0.3) is 0 Å². The summed E-state index contributed by atoms with van der Waals surface area (Å²) in [6.45, 7) is 0.356. The second kappa shape index (κ2) is 7.13. The van der Waals surface area contributed by atoms with Gasteiger partial charge in [-0.1, -0.05) is 41.6 Å². The Kier molecular flexibility index (Phi) is 4.97. The third-order valence-electron chi connectivity index (χ3n) is 2.88. The van der Waals surface area contributed by atoms with Gasteiger partial charge >= 0.3 is 5.97 Å². The van der Waals surface area contributed by atoms with E-state index < -0.39 is 0 Å². The highest BCUT2D eigenvalue weighted by Crippen LogP contribution is 2.30. The maximum atomic E-state index is 11.8. The largest absolute Gasteiger partial charge is 0.461 e. The summed E-state index contributed by atoms with van der Waals surface area (Å²) in [5.74, 6) is 0.379. The summed E-state index contributed by atoms with van der Waals surface area (Å²) in [6.07, 6.45) is 0. The molecule has 0 atom stereocenters. The van der Waals surface area contributed by atoms with Crippen LogP contribution in [0.2, 0.25) is 5.02 Å². The first-order valence-electron chi connectivity index (χ1n) is 6.63. The quantitative estimate of drug-likeness (QED) is 0.373. The number of aromatic nitrogens is 1. The SMILES string of the molecule is O=C(OCCSc1nc2cc(Cl)ccc2s1)c1ccccc1. The van der Waals surface area contributed by atoms with E-state index in [4.69, 9.17) is 16.3 Å². The fraction of sp³-hybridized carbons (Fsp3) is 0.125. The van der Waals surface area contributed by atoms with Gasteiger partial charge in [-0.3, -0.25) is 0 Å². The maximum absolute atomic E-state index is 11.8. The molecule has 2 aromatic carbocycles. The molecule has 6 heteroatoms. The average Bonchev–Trinajstić information content (AvgIpc) is 2.94. The minimum atomic E-state index is -0.294. The van der Waals surface area contributed by atoms with Crippen LogP contribution >= 0.6 is 34.7 Å². The Labute approximate surface area is 141 Å². The van der Waals surface area contributed by atoms with Gasteiger partial charge in [0.05, 0.1) is 15.8 Å². The highest BCUT2D eigenvalue weighted by atomic mass is 35.5. The lowest BCUT2D eigenvalue weighted by Crippen LogP contribution is -2.07. The molecule has 1 aromatic heterocycles. The lowest BCUT2D eigenvalue weighted by Gasteiger charge is -2.03. The third kappa shape index (κ3) is 3.80. The van der Waals surface area contributed by atoms with Gasteiger partial charge in [0.15, 0.2) is 4.34 Å². The first-order chi connectivity index (χ1) is 10.7. The van der Waals surface area contributed by atoms with Crippen molar-refractivity contribution in [2.45, 2.75) is 4.34 Å². The van der Waals surface area contributed by atoms with E-state index in [1.807, 2.05) is 36.4 Å². The van der Waals surface area contributed by atoms with Gasteiger partial charge in [-0.2, -0.15) is 0 Å². The van der Waals surface area contributed by atoms with Crippen molar-refractivity contribution in [1.82, 2.24) is 4.98 Å². The number of benzene rings is 2. The van der Waals surface area contributed by atoms with Crippen molar-refractivity contribution in [3.05, 3.63) is 59.1 Å². The molecule has 0 bridgehead atoms. The van der Waals surface area contributed by atoms with E-state index in [2.05, 4.69) is 4.98 Å². The van der Waals surface area contributed by atoms with Crippen LogP contribution in [-0.4, -0.2) is 23.3 Å². The van der Waals surface area contributed by atoms with Gasteiger partial charge in [-0.05, 0) is 30.3 Å². The number of thioether (sulfide) groups is 1. The van der Waals surface area contributed by atoms with Gasteiger partial charge < -0.3 is 4.74 Å². The summed E-state index contributed by atoms with van der Waals surface area (Å²) < 4.78 is 7.30. The van der Waals surface area contributed by atoms with Gasteiger partial charge in [0, 0.05) is 10.8 Å². The maximum Gasteiger partial charge on any atom is 0.338 e. The van der Waals surface area contributed by atoms with Crippen molar-refractivity contribution in [2.75, 3.05) is 12.4 Å². The molecule has 3 aromatic rings. The van der Waals surface area contributed by atoms with Gasteiger partial charge in [-0.15, -0.1) is 11.3 Å². The van der Waals surface area contributed by atoms with Crippen LogP contribution in [0.4, 0.5) is 0 Å². The van der Waals surface area contributed by atoms with Gasteiger partial charge in [0.1, 0.15) is 6.61 Å². The molecular weight excluding hydrogens is 338 g/mol. The van der Waals surface area contributed by atoms with Crippen molar-refractivity contribution in [3.8, 4) is 0 Å². The summed E-state index contributed by atoms with van der Waals surface area (Å²) in [7, 11) is 0. The minimum Gasteiger partial charge on any atom is -0.461 e. The standard InChI is InChI=1S/C16H12ClNO2S2/c17-12-6-7-14-13(10-12)18-16(22-14)21-9-8-20-15(19)11-4-2-1-3-5-11/h1-7,10H,8-9H2. The Morgan fingerprint density at radius 2 is 2.05 bits per heavy atom. The fourth-order valence-corrected chi connectivity index (χ4v) is 3.96. The zero-order valence-corrected chi connectivity index (χ0v) is 13.9. The number of carbonyl (C=O) groups excluding carboxylic acids is 1. The molecule has 0 unspecified atom stereocenters. The molecule has 0 aliphatic carbocycles. The summed E-state index contributed by atoms with van der Waals surface area (Å²) in [6, 6.07) is 14.7. The molecular formula is C16H12ClNO2S2. The predicted molar refractivity (Wildman–Crippen MR) is 92.1 cm³/mol. The van der Waals surface area contributed by atoms with Gasteiger partial charge in [-0.25, -0.2) is 9.78 Å². The Morgan fingerprint density at radius 1 is 1.23 bits per heavy atom. The monoisotopic (exact) mass is 349 g/mol. The van der Waals surface area contributed by atoms with Crippen LogP contribution in [0.15, 0.2) is 52.9 Å². The Bertz CT molecular complexity index is 789. The van der Waals surface area contributed by atoms with E-state index in [9.17, 15) is 4.79 Å². The summed E-state index contributed by atoms with van der Waals surface area (Å²) in [5, 5.41) is 0.686. The number of thiazole rings is 1. The fourth-order valence-electron chi connectivity index (χ4n) is 1.86. The average molecular weight is 350 g/mol. The molecule has 1 heterocycles. The number of esters is 1. The zero-order chi connectivity index (χ0) is 15.4. The summed E-state index contributed by atoms with van der Waals surface area (Å²) >= 11 is 9.14. The van der Waals surface area contributed by atoms with Crippen molar-refractivity contribution in [3.63, 3.8) is 0 Å². The van der Waals surface area contributed by atoms with Crippen LogP contribution in [0.1, 0.15) is 10.4 Å². The molecule has 0 saturated heterocycles. The molecule has 0 N–H and O–H groups in total. The van der Waals surface area contributed by atoms with E-state index in [1.165, 1.54) is 0 Å². The lowest BCUT2D eigenvalue weighted by molar-refractivity contribution is 0.0530. The molecule has 0 amide bonds. The number of nitrogens with zero attached hydrogens (tertiary/aromatic N) is 1. The van der Waals surface area contributed by atoms with E-state index >= 15 is 0 Å². The van der Waals surface area contributed by atoms with Crippen LogP contribution in [-0.2, 0) is 4.74 Å². The van der Waals surface area contributed by atoms with Gasteiger partial charge in [0.2, 0.25) is 0 Å². The Morgan fingerprint density at radius 3 is 2.86 bits per heavy atom. The molecule has 0 aliphatic rings. The zero-order valence-electron chi connectivity index (χ0n) is 11.5. The van der Waals surface area contributed by atoms with Crippen molar-refractivity contribution >= 4 is 50.9 Å². The highest BCUT2D eigenvalue weighted by Gasteiger charge is 2.07. The Balaban J connectivity index is 1.51. The number of ether oxygens (including phenoxy) is 1. The van der Waals surface area contributed by atoms with E-state index in [-0.39, 0.29) is 5.97 Å². The smallest absolute Gasteiger partial charge is 0.338 e. The van der Waals surface area contributed by atoms with Crippen LogP contribution in [0.25, 0.3) is 10.2 Å². The van der Waals surface area contributed by atoms with Crippen molar-refractivity contribution < 1.29 is 9.53 Å². The number of carbonyl (C=O) groups is 1. The molecule has 0 aliphatic heterocycles. The predicted octanol–water partition coefficient (Wildman–Crippen LogP) is 4.90. The van der Waals surface area contributed by atoms with E-state index in [1.54, 1.807) is 35.2 Å². The molecule has 0 radical (unpaired) electrons. The number of rotatable bonds is 5. The van der Waals surface area contributed by atoms with Crippen LogP contribution in [0.3, 0.4) is 0 Å². The van der Waals surface area contributed by atoms with Crippen molar-refractivity contribution in [1.29, 1.82) is 0 Å². The highest BCUT2D eigenvalue weighted by molar-refractivity contribution is 8.01. The number of hydrogen-bond donors (Lipinski definition) is 0. The van der Waals surface area contributed by atoms with E-state index in [0.717, 1.165) is 14.6 Å². The normalized spacial score (nSPS) is 10.8. The van der Waals surface area contributed by atoms with E-state index in [0.29, 0.717) is 22.9 Å². The second-order valence-corrected chi connectivity index (χ2v) is 7.25. The van der Waals surface area contributed by atoms with Crippen LogP contribution in [0.5, 0.6) is 0 Å². The van der Waals surface area contributed by atoms with Crippen LogP contribution < -0.4 is 0 Å². The Hall–Kier alpha value is -1.56. The molecule has 0 spiro atoms. The minimum absolute atomic E-state index is 0.294. The molecule has 3 rings (SSSR count). The molecule has 22 heavy (non-hydrogen) atoms. The molecule has 3 nitrogen and oxygen atoms in total. The molecule has 112 valence electrons.